The molecular weight excluding hydrogens is 346 g/mol. The number of pyridine rings is 1. The van der Waals surface area contributed by atoms with Crippen molar-refractivity contribution in [3.05, 3.63) is 58.3 Å². The van der Waals surface area contributed by atoms with E-state index in [1.54, 1.807) is 12.3 Å². The van der Waals surface area contributed by atoms with E-state index in [0.29, 0.717) is 38.5 Å². The van der Waals surface area contributed by atoms with Crippen LogP contribution in [-0.2, 0) is 11.2 Å². The minimum atomic E-state index is -0.400. The van der Waals surface area contributed by atoms with E-state index in [0.717, 1.165) is 18.7 Å². The third-order valence-corrected chi connectivity index (χ3v) is 5.18. The molecule has 2 aromatic rings. The molecule has 3 heterocycles. The lowest BCUT2D eigenvalue weighted by atomic mass is 10.2. The van der Waals surface area contributed by atoms with E-state index in [1.165, 1.54) is 11.6 Å². The molecule has 0 aliphatic carbocycles. The van der Waals surface area contributed by atoms with Gasteiger partial charge in [-0.1, -0.05) is 18.2 Å². The number of nitro groups is 1. The van der Waals surface area contributed by atoms with Gasteiger partial charge in [0.1, 0.15) is 0 Å². The first-order valence-corrected chi connectivity index (χ1v) is 9.08. The molecule has 0 radical (unpaired) electrons. The van der Waals surface area contributed by atoms with Gasteiger partial charge in [0.25, 0.3) is 0 Å². The van der Waals surface area contributed by atoms with E-state index in [-0.39, 0.29) is 11.6 Å². The maximum absolute atomic E-state index is 12.7. The second-order valence-corrected chi connectivity index (χ2v) is 6.79. The van der Waals surface area contributed by atoms with Crippen LogP contribution in [0.3, 0.4) is 0 Å². The van der Waals surface area contributed by atoms with E-state index in [2.05, 4.69) is 16.0 Å². The Morgan fingerprint density at radius 2 is 1.85 bits per heavy atom. The molecule has 1 saturated heterocycles. The second-order valence-electron chi connectivity index (χ2n) is 6.79. The maximum atomic E-state index is 12.7. The molecule has 4 rings (SSSR count). The molecule has 8 nitrogen and oxygen atoms in total. The van der Waals surface area contributed by atoms with Crippen LogP contribution >= 0.6 is 0 Å². The highest BCUT2D eigenvalue weighted by Crippen LogP contribution is 2.28. The van der Waals surface area contributed by atoms with Crippen LogP contribution in [0.25, 0.3) is 0 Å². The summed E-state index contributed by atoms with van der Waals surface area (Å²) in [6.07, 6.45) is 2.47. The van der Waals surface area contributed by atoms with Crippen LogP contribution in [0.4, 0.5) is 17.2 Å². The van der Waals surface area contributed by atoms with Gasteiger partial charge >= 0.3 is 5.69 Å². The molecule has 27 heavy (non-hydrogen) atoms. The number of fused-ring (bicyclic) bond motifs is 1. The highest BCUT2D eigenvalue weighted by molar-refractivity contribution is 5.96. The van der Waals surface area contributed by atoms with Crippen LogP contribution in [0, 0.1) is 10.1 Å². The van der Waals surface area contributed by atoms with Crippen LogP contribution in [0.1, 0.15) is 5.56 Å². The summed E-state index contributed by atoms with van der Waals surface area (Å²) in [5.41, 5.74) is 2.26. The van der Waals surface area contributed by atoms with Crippen LogP contribution in [0.15, 0.2) is 42.6 Å². The SMILES string of the molecule is O=C(CN1CCN(c2ncccc2[N+](=O)[O-])CC1)N1CCc2ccccc21. The summed E-state index contributed by atoms with van der Waals surface area (Å²) in [6, 6.07) is 11.1. The Hall–Kier alpha value is -3.00. The number of hydrogen-bond donors (Lipinski definition) is 0. The highest BCUT2D eigenvalue weighted by Gasteiger charge is 2.28. The smallest absolute Gasteiger partial charge is 0.311 e. The fraction of sp³-hybridized carbons (Fsp3) is 0.368. The zero-order valence-electron chi connectivity index (χ0n) is 15.0. The first-order valence-electron chi connectivity index (χ1n) is 9.08. The Kier molecular flexibility index (Phi) is 4.72. The van der Waals surface area contributed by atoms with Crippen molar-refractivity contribution < 1.29 is 9.72 Å². The number of anilines is 2. The van der Waals surface area contributed by atoms with Gasteiger partial charge < -0.3 is 9.80 Å². The summed E-state index contributed by atoms with van der Waals surface area (Å²) < 4.78 is 0. The number of aromatic nitrogens is 1. The molecule has 140 valence electrons. The van der Waals surface area contributed by atoms with Crippen molar-refractivity contribution in [1.82, 2.24) is 9.88 Å². The fourth-order valence-corrected chi connectivity index (χ4v) is 3.77. The molecule has 0 atom stereocenters. The lowest BCUT2D eigenvalue weighted by Gasteiger charge is -2.35. The van der Waals surface area contributed by atoms with Crippen LogP contribution in [0.2, 0.25) is 0 Å². The van der Waals surface area contributed by atoms with Crippen molar-refractivity contribution in [3.63, 3.8) is 0 Å². The number of carbonyl (C=O) groups excluding carboxylic acids is 1. The molecule has 0 N–H and O–H groups in total. The molecule has 0 unspecified atom stereocenters. The molecule has 8 heteroatoms. The van der Waals surface area contributed by atoms with Crippen molar-refractivity contribution >= 4 is 23.1 Å². The number of rotatable bonds is 4. The molecule has 0 spiro atoms. The van der Waals surface area contributed by atoms with E-state index >= 15 is 0 Å². The lowest BCUT2D eigenvalue weighted by molar-refractivity contribution is -0.384. The minimum absolute atomic E-state index is 0.0238. The monoisotopic (exact) mass is 367 g/mol. The van der Waals surface area contributed by atoms with Gasteiger partial charge in [0.05, 0.1) is 11.5 Å². The third kappa shape index (κ3) is 3.48. The Morgan fingerprint density at radius 1 is 1.07 bits per heavy atom. The zero-order chi connectivity index (χ0) is 18.8. The van der Waals surface area contributed by atoms with Gasteiger partial charge in [0.15, 0.2) is 0 Å². The third-order valence-electron chi connectivity index (χ3n) is 5.18. The van der Waals surface area contributed by atoms with Crippen molar-refractivity contribution in [2.24, 2.45) is 0 Å². The molecule has 0 bridgehead atoms. The van der Waals surface area contributed by atoms with Gasteiger partial charge in [-0.15, -0.1) is 0 Å². The summed E-state index contributed by atoms with van der Waals surface area (Å²) in [5.74, 6) is 0.513. The van der Waals surface area contributed by atoms with Gasteiger partial charge in [-0.3, -0.25) is 19.8 Å². The van der Waals surface area contributed by atoms with Gasteiger partial charge in [-0.05, 0) is 24.1 Å². The van der Waals surface area contributed by atoms with Crippen molar-refractivity contribution in [3.8, 4) is 0 Å². The highest BCUT2D eigenvalue weighted by atomic mass is 16.6. The van der Waals surface area contributed by atoms with Crippen LogP contribution < -0.4 is 9.80 Å². The molecule has 2 aliphatic rings. The molecule has 1 aromatic heterocycles. The summed E-state index contributed by atoms with van der Waals surface area (Å²) in [7, 11) is 0. The number of amides is 1. The summed E-state index contributed by atoms with van der Waals surface area (Å²) in [5, 5.41) is 11.2. The predicted molar refractivity (Wildman–Crippen MR) is 102 cm³/mol. The van der Waals surface area contributed by atoms with E-state index in [4.69, 9.17) is 0 Å². The Morgan fingerprint density at radius 3 is 2.63 bits per heavy atom. The standard InChI is InChI=1S/C19H21N5O3/c25-18(23-9-7-15-4-1-2-5-16(15)23)14-21-10-12-22(13-11-21)19-17(24(26)27)6-3-8-20-19/h1-6,8H,7,9-14H2. The molecular formula is C19H21N5O3. The van der Waals surface area contributed by atoms with Gasteiger partial charge in [-0.2, -0.15) is 0 Å². The average Bonchev–Trinajstić information content (AvgIpc) is 3.13. The predicted octanol–water partition coefficient (Wildman–Crippen LogP) is 1.70. The summed E-state index contributed by atoms with van der Waals surface area (Å²) in [6.45, 7) is 3.68. The molecule has 2 aliphatic heterocycles. The van der Waals surface area contributed by atoms with Crippen molar-refractivity contribution in [2.75, 3.05) is 49.1 Å². The fourth-order valence-electron chi connectivity index (χ4n) is 3.77. The number of hydrogen-bond acceptors (Lipinski definition) is 6. The first-order chi connectivity index (χ1) is 13.1. The van der Waals surface area contributed by atoms with Crippen LogP contribution in [-0.4, -0.2) is 60.0 Å². The Labute approximate surface area is 157 Å². The topological polar surface area (TPSA) is 82.8 Å². The average molecular weight is 367 g/mol. The Balaban J connectivity index is 1.37. The normalized spacial score (nSPS) is 17.0. The van der Waals surface area contributed by atoms with Gasteiger partial charge in [0, 0.05) is 50.7 Å². The first kappa shape index (κ1) is 17.4. The molecule has 1 amide bonds. The largest absolute Gasteiger partial charge is 0.348 e. The molecule has 1 fully saturated rings. The number of para-hydroxylation sites is 1. The number of carbonyl (C=O) groups is 1. The van der Waals surface area contributed by atoms with Gasteiger partial charge in [-0.25, -0.2) is 4.98 Å². The number of nitrogens with zero attached hydrogens (tertiary/aromatic N) is 5. The maximum Gasteiger partial charge on any atom is 0.311 e. The molecule has 0 saturated carbocycles. The molecule has 1 aromatic carbocycles. The zero-order valence-corrected chi connectivity index (χ0v) is 15.0. The Bertz CT molecular complexity index is 864. The second kappa shape index (κ2) is 7.32. The van der Waals surface area contributed by atoms with Crippen molar-refractivity contribution in [1.29, 1.82) is 0 Å². The summed E-state index contributed by atoms with van der Waals surface area (Å²) in [4.78, 5) is 33.6. The van der Waals surface area contributed by atoms with Gasteiger partial charge in [0.2, 0.25) is 11.7 Å². The van der Waals surface area contributed by atoms with E-state index < -0.39 is 4.92 Å². The van der Waals surface area contributed by atoms with Crippen molar-refractivity contribution in [2.45, 2.75) is 6.42 Å². The number of benzene rings is 1. The van der Waals surface area contributed by atoms with E-state index in [1.807, 2.05) is 28.0 Å². The summed E-state index contributed by atoms with van der Waals surface area (Å²) >= 11 is 0. The van der Waals surface area contributed by atoms with Crippen LogP contribution in [0.5, 0.6) is 0 Å². The lowest BCUT2D eigenvalue weighted by Crippen LogP contribution is -2.50. The van der Waals surface area contributed by atoms with E-state index in [9.17, 15) is 14.9 Å². The number of piperazine rings is 1. The quantitative estimate of drug-likeness (QED) is 0.604. The minimum Gasteiger partial charge on any atom is -0.348 e.